The Bertz CT molecular complexity index is 595. The molecule has 0 saturated carbocycles. The van der Waals surface area contributed by atoms with Crippen LogP contribution < -0.4 is 5.32 Å². The Kier molecular flexibility index (Phi) is 4.89. The van der Waals surface area contributed by atoms with Gasteiger partial charge in [0.1, 0.15) is 0 Å². The lowest BCUT2D eigenvalue weighted by molar-refractivity contribution is -0.116. The summed E-state index contributed by atoms with van der Waals surface area (Å²) >= 11 is 0. The number of allylic oxidation sites excluding steroid dienone is 3. The predicted octanol–water partition coefficient (Wildman–Crippen LogP) is 2.62. The van der Waals surface area contributed by atoms with E-state index in [9.17, 15) is 4.79 Å². The van der Waals surface area contributed by atoms with Crippen molar-refractivity contribution < 1.29 is 4.79 Å². The molecule has 20 heavy (non-hydrogen) atoms. The number of carbonyl (C=O) groups excluding carboxylic acids is 1. The van der Waals surface area contributed by atoms with Gasteiger partial charge in [0.05, 0.1) is 6.33 Å². The van der Waals surface area contributed by atoms with Crippen LogP contribution in [0.25, 0.3) is 5.69 Å². The van der Waals surface area contributed by atoms with E-state index < -0.39 is 0 Å². The lowest BCUT2D eigenvalue weighted by Gasteiger charge is -2.05. The summed E-state index contributed by atoms with van der Waals surface area (Å²) in [6.07, 6.45) is 12.3. The quantitative estimate of drug-likeness (QED) is 0.668. The predicted molar refractivity (Wildman–Crippen MR) is 79.4 cm³/mol. The molecule has 0 bridgehead atoms. The van der Waals surface area contributed by atoms with Crippen LogP contribution in [0.2, 0.25) is 0 Å². The first-order valence-corrected chi connectivity index (χ1v) is 6.44. The number of amides is 1. The van der Waals surface area contributed by atoms with E-state index in [0.29, 0.717) is 6.54 Å². The Morgan fingerprint density at radius 2 is 2.10 bits per heavy atom. The summed E-state index contributed by atoms with van der Waals surface area (Å²) in [6.45, 7) is 2.42. The fourth-order valence-electron chi connectivity index (χ4n) is 1.70. The normalized spacial score (nSPS) is 11.2. The Labute approximate surface area is 118 Å². The van der Waals surface area contributed by atoms with Gasteiger partial charge >= 0.3 is 0 Å². The molecule has 0 atom stereocenters. The Hall–Kier alpha value is -2.62. The molecular formula is C16H17N3O. The van der Waals surface area contributed by atoms with E-state index in [2.05, 4.69) is 10.3 Å². The summed E-state index contributed by atoms with van der Waals surface area (Å²) in [4.78, 5) is 15.5. The molecule has 0 fully saturated rings. The summed E-state index contributed by atoms with van der Waals surface area (Å²) in [7, 11) is 0. The van der Waals surface area contributed by atoms with Gasteiger partial charge in [0.2, 0.25) is 5.91 Å². The van der Waals surface area contributed by atoms with Crippen LogP contribution in [0.5, 0.6) is 0 Å². The van der Waals surface area contributed by atoms with Gasteiger partial charge in [-0.15, -0.1) is 0 Å². The molecule has 0 radical (unpaired) electrons. The first kappa shape index (κ1) is 13.8. The second kappa shape index (κ2) is 7.09. The van der Waals surface area contributed by atoms with Crippen LogP contribution in [-0.2, 0) is 11.3 Å². The van der Waals surface area contributed by atoms with Gasteiger partial charge in [-0.25, -0.2) is 4.98 Å². The number of nitrogens with one attached hydrogen (secondary N) is 1. The Morgan fingerprint density at radius 3 is 2.75 bits per heavy atom. The molecule has 0 unspecified atom stereocenters. The smallest absolute Gasteiger partial charge is 0.244 e. The van der Waals surface area contributed by atoms with E-state index in [4.69, 9.17) is 0 Å². The van der Waals surface area contributed by atoms with E-state index in [0.717, 1.165) is 11.3 Å². The Balaban J connectivity index is 1.90. The topological polar surface area (TPSA) is 46.9 Å². The summed E-state index contributed by atoms with van der Waals surface area (Å²) in [5, 5.41) is 2.83. The fraction of sp³-hybridized carbons (Fsp3) is 0.125. The first-order valence-electron chi connectivity index (χ1n) is 6.44. The highest BCUT2D eigenvalue weighted by atomic mass is 16.1. The second-order valence-corrected chi connectivity index (χ2v) is 4.24. The standard InChI is InChI=1S/C16H17N3O/c1-2-3-4-5-16(20)18-12-14-6-8-15(9-7-14)19-11-10-17-13-19/h2-11,13H,12H2,1H3,(H,18,20)/b3-2+,5-4+. The summed E-state index contributed by atoms with van der Waals surface area (Å²) < 4.78 is 1.93. The van der Waals surface area contributed by atoms with Crippen molar-refractivity contribution in [2.45, 2.75) is 13.5 Å². The zero-order valence-electron chi connectivity index (χ0n) is 11.4. The molecule has 1 aromatic carbocycles. The van der Waals surface area contributed by atoms with Crippen molar-refractivity contribution in [3.8, 4) is 5.69 Å². The van der Waals surface area contributed by atoms with Crippen molar-refractivity contribution in [1.29, 1.82) is 0 Å². The minimum atomic E-state index is -0.0956. The third kappa shape index (κ3) is 3.95. The molecule has 1 N–H and O–H groups in total. The van der Waals surface area contributed by atoms with E-state index in [-0.39, 0.29) is 5.91 Å². The monoisotopic (exact) mass is 267 g/mol. The Morgan fingerprint density at radius 1 is 1.30 bits per heavy atom. The summed E-state index contributed by atoms with van der Waals surface area (Å²) in [6, 6.07) is 7.98. The van der Waals surface area contributed by atoms with E-state index >= 15 is 0 Å². The average molecular weight is 267 g/mol. The van der Waals surface area contributed by atoms with Gasteiger partial charge < -0.3 is 9.88 Å². The van der Waals surface area contributed by atoms with Gasteiger partial charge in [-0.3, -0.25) is 4.79 Å². The molecule has 102 valence electrons. The lowest BCUT2D eigenvalue weighted by Crippen LogP contribution is -2.20. The largest absolute Gasteiger partial charge is 0.348 e. The minimum Gasteiger partial charge on any atom is -0.348 e. The molecule has 0 aliphatic carbocycles. The van der Waals surface area contributed by atoms with Gasteiger partial charge in [-0.1, -0.05) is 30.4 Å². The zero-order valence-corrected chi connectivity index (χ0v) is 11.4. The molecule has 2 rings (SSSR count). The molecule has 4 nitrogen and oxygen atoms in total. The van der Waals surface area contributed by atoms with Crippen molar-refractivity contribution in [3.05, 3.63) is 72.9 Å². The summed E-state index contributed by atoms with van der Waals surface area (Å²) in [5.74, 6) is -0.0956. The highest BCUT2D eigenvalue weighted by Gasteiger charge is 1.98. The van der Waals surface area contributed by atoms with Crippen LogP contribution in [0, 0.1) is 0 Å². The molecule has 0 aliphatic rings. The SMILES string of the molecule is C/C=C/C=C/C(=O)NCc1ccc(-n2ccnc2)cc1. The second-order valence-electron chi connectivity index (χ2n) is 4.24. The third-order valence-electron chi connectivity index (χ3n) is 2.76. The van der Waals surface area contributed by atoms with E-state index in [1.165, 1.54) is 6.08 Å². The average Bonchev–Trinajstić information content (AvgIpc) is 3.00. The molecule has 1 aromatic heterocycles. The minimum absolute atomic E-state index is 0.0956. The molecule has 1 amide bonds. The van der Waals surface area contributed by atoms with Crippen LogP contribution in [0.3, 0.4) is 0 Å². The third-order valence-corrected chi connectivity index (χ3v) is 2.76. The van der Waals surface area contributed by atoms with Gasteiger partial charge in [-0.05, 0) is 24.6 Å². The molecule has 0 spiro atoms. The zero-order chi connectivity index (χ0) is 14.2. The van der Waals surface area contributed by atoms with Crippen molar-refractivity contribution >= 4 is 5.91 Å². The highest BCUT2D eigenvalue weighted by Crippen LogP contribution is 2.09. The first-order chi connectivity index (χ1) is 9.79. The van der Waals surface area contributed by atoms with Crippen LogP contribution >= 0.6 is 0 Å². The maximum atomic E-state index is 11.5. The number of hydrogen-bond acceptors (Lipinski definition) is 2. The molecule has 0 aliphatic heterocycles. The van der Waals surface area contributed by atoms with Crippen LogP contribution in [0.4, 0.5) is 0 Å². The highest BCUT2D eigenvalue weighted by molar-refractivity contribution is 5.87. The van der Waals surface area contributed by atoms with Crippen LogP contribution in [-0.4, -0.2) is 15.5 Å². The number of imidazole rings is 1. The maximum Gasteiger partial charge on any atom is 0.244 e. The number of nitrogens with zero attached hydrogens (tertiary/aromatic N) is 2. The number of rotatable bonds is 5. The van der Waals surface area contributed by atoms with Crippen molar-refractivity contribution in [2.75, 3.05) is 0 Å². The fourth-order valence-corrected chi connectivity index (χ4v) is 1.70. The van der Waals surface area contributed by atoms with Crippen molar-refractivity contribution in [2.24, 2.45) is 0 Å². The molecule has 0 saturated heterocycles. The number of aromatic nitrogens is 2. The number of hydrogen-bond donors (Lipinski definition) is 1. The van der Waals surface area contributed by atoms with Gasteiger partial charge in [0, 0.05) is 30.7 Å². The van der Waals surface area contributed by atoms with Crippen LogP contribution in [0.1, 0.15) is 12.5 Å². The molecule has 2 aromatic rings. The van der Waals surface area contributed by atoms with Gasteiger partial charge in [0.25, 0.3) is 0 Å². The van der Waals surface area contributed by atoms with Crippen molar-refractivity contribution in [3.63, 3.8) is 0 Å². The van der Waals surface area contributed by atoms with Crippen LogP contribution in [0.15, 0.2) is 67.3 Å². The van der Waals surface area contributed by atoms with E-state index in [1.807, 2.05) is 54.1 Å². The summed E-state index contributed by atoms with van der Waals surface area (Å²) in [5.41, 5.74) is 2.10. The maximum absolute atomic E-state index is 11.5. The number of carbonyl (C=O) groups is 1. The molecular weight excluding hydrogens is 250 g/mol. The van der Waals surface area contributed by atoms with Gasteiger partial charge in [0.15, 0.2) is 0 Å². The number of benzene rings is 1. The van der Waals surface area contributed by atoms with Gasteiger partial charge in [-0.2, -0.15) is 0 Å². The lowest BCUT2D eigenvalue weighted by atomic mass is 10.2. The molecule has 4 heteroatoms. The van der Waals surface area contributed by atoms with Crippen molar-refractivity contribution in [1.82, 2.24) is 14.9 Å². The van der Waals surface area contributed by atoms with E-state index in [1.54, 1.807) is 18.6 Å². The molecule has 1 heterocycles.